The molecule has 2 rings (SSSR count). The fourth-order valence-corrected chi connectivity index (χ4v) is 1.58. The molecule has 0 spiro atoms. The van der Waals surface area contributed by atoms with Crippen molar-refractivity contribution >= 4 is 5.91 Å². The highest BCUT2D eigenvalue weighted by atomic mass is 16.5. The third-order valence-corrected chi connectivity index (χ3v) is 2.68. The first-order chi connectivity index (χ1) is 9.06. The lowest BCUT2D eigenvalue weighted by Gasteiger charge is -2.05. The lowest BCUT2D eigenvalue weighted by atomic mass is 10.1. The Hall–Kier alpha value is -2.37. The Bertz CT molecular complexity index is 593. The number of carbonyl (C=O) groups excluding carboxylic acids is 1. The molecule has 1 aromatic carbocycles. The van der Waals surface area contributed by atoms with Crippen LogP contribution in [-0.2, 0) is 6.42 Å². The summed E-state index contributed by atoms with van der Waals surface area (Å²) in [5.74, 6) is 0.936. The van der Waals surface area contributed by atoms with Crippen LogP contribution in [0.2, 0.25) is 0 Å². The van der Waals surface area contributed by atoms with Crippen molar-refractivity contribution in [3.8, 4) is 5.75 Å². The standard InChI is InChI=1S/C13H15N3O3/c1-8-3-4-10(7-11(8)17)13(18)14-6-5-12-15-9(2)19-16-12/h3-4,7,17H,5-6H2,1-2H3,(H,14,18). The molecule has 0 fully saturated rings. The molecule has 0 aliphatic heterocycles. The molecule has 0 saturated heterocycles. The van der Waals surface area contributed by atoms with Crippen molar-refractivity contribution in [2.75, 3.05) is 6.54 Å². The second kappa shape index (κ2) is 5.51. The minimum Gasteiger partial charge on any atom is -0.508 e. The molecule has 0 aliphatic rings. The largest absolute Gasteiger partial charge is 0.508 e. The summed E-state index contributed by atoms with van der Waals surface area (Å²) in [5, 5.41) is 16.0. The van der Waals surface area contributed by atoms with Gasteiger partial charge in [-0.3, -0.25) is 4.79 Å². The molecule has 0 atom stereocenters. The van der Waals surface area contributed by atoms with E-state index in [2.05, 4.69) is 15.5 Å². The van der Waals surface area contributed by atoms with Gasteiger partial charge in [-0.15, -0.1) is 0 Å². The summed E-state index contributed by atoms with van der Waals surface area (Å²) in [6, 6.07) is 4.82. The summed E-state index contributed by atoms with van der Waals surface area (Å²) in [7, 11) is 0. The van der Waals surface area contributed by atoms with E-state index in [1.807, 2.05) is 0 Å². The normalized spacial score (nSPS) is 10.4. The molecular weight excluding hydrogens is 246 g/mol. The highest BCUT2D eigenvalue weighted by Crippen LogP contribution is 2.17. The summed E-state index contributed by atoms with van der Waals surface area (Å²) in [6.07, 6.45) is 0.501. The number of aryl methyl sites for hydroxylation is 2. The van der Waals surface area contributed by atoms with Crippen LogP contribution >= 0.6 is 0 Å². The number of hydrogen-bond donors (Lipinski definition) is 2. The number of nitrogens with zero attached hydrogens (tertiary/aromatic N) is 2. The maximum Gasteiger partial charge on any atom is 0.251 e. The Morgan fingerprint density at radius 3 is 2.84 bits per heavy atom. The third kappa shape index (κ3) is 3.31. The van der Waals surface area contributed by atoms with E-state index in [-0.39, 0.29) is 11.7 Å². The molecular formula is C13H15N3O3. The summed E-state index contributed by atoms with van der Waals surface area (Å²) < 4.78 is 4.83. The van der Waals surface area contributed by atoms with Crippen LogP contribution in [0.3, 0.4) is 0 Å². The average Bonchev–Trinajstić information content (AvgIpc) is 2.78. The molecule has 1 aromatic heterocycles. The quantitative estimate of drug-likeness (QED) is 0.867. The fraction of sp³-hybridized carbons (Fsp3) is 0.308. The molecule has 6 heteroatoms. The van der Waals surface area contributed by atoms with Gasteiger partial charge in [0.05, 0.1) is 0 Å². The monoisotopic (exact) mass is 261 g/mol. The van der Waals surface area contributed by atoms with Gasteiger partial charge >= 0.3 is 0 Å². The third-order valence-electron chi connectivity index (χ3n) is 2.68. The molecule has 2 aromatic rings. The zero-order valence-corrected chi connectivity index (χ0v) is 10.8. The van der Waals surface area contributed by atoms with Crippen molar-refractivity contribution in [1.29, 1.82) is 0 Å². The summed E-state index contributed by atoms with van der Waals surface area (Å²) >= 11 is 0. The van der Waals surface area contributed by atoms with Gasteiger partial charge in [0.25, 0.3) is 5.91 Å². The van der Waals surface area contributed by atoms with E-state index in [0.717, 1.165) is 5.56 Å². The molecule has 6 nitrogen and oxygen atoms in total. The van der Waals surface area contributed by atoms with E-state index in [0.29, 0.717) is 30.2 Å². The van der Waals surface area contributed by atoms with E-state index < -0.39 is 0 Å². The van der Waals surface area contributed by atoms with Crippen LogP contribution in [0, 0.1) is 13.8 Å². The summed E-state index contributed by atoms with van der Waals surface area (Å²) in [4.78, 5) is 15.9. The number of aromatic hydroxyl groups is 1. The SMILES string of the molecule is Cc1nc(CCNC(=O)c2ccc(C)c(O)c2)no1. The van der Waals surface area contributed by atoms with Crippen molar-refractivity contribution < 1.29 is 14.4 Å². The van der Waals surface area contributed by atoms with E-state index in [4.69, 9.17) is 4.52 Å². The van der Waals surface area contributed by atoms with Gasteiger partial charge in [-0.05, 0) is 24.6 Å². The second-order valence-electron chi connectivity index (χ2n) is 4.24. The molecule has 0 radical (unpaired) electrons. The number of carbonyl (C=O) groups is 1. The van der Waals surface area contributed by atoms with E-state index in [1.165, 1.54) is 6.07 Å². The van der Waals surface area contributed by atoms with Gasteiger partial charge in [0.1, 0.15) is 5.75 Å². The van der Waals surface area contributed by atoms with Crippen LogP contribution in [0.1, 0.15) is 27.6 Å². The molecule has 1 amide bonds. The number of hydrogen-bond acceptors (Lipinski definition) is 5. The van der Waals surface area contributed by atoms with Crippen molar-refractivity contribution in [2.45, 2.75) is 20.3 Å². The van der Waals surface area contributed by atoms with Crippen LogP contribution in [0.25, 0.3) is 0 Å². The van der Waals surface area contributed by atoms with Crippen molar-refractivity contribution in [3.05, 3.63) is 41.0 Å². The molecule has 0 unspecified atom stereocenters. The molecule has 100 valence electrons. The highest BCUT2D eigenvalue weighted by Gasteiger charge is 2.08. The minimum absolute atomic E-state index is 0.112. The number of benzene rings is 1. The Balaban J connectivity index is 1.89. The predicted molar refractivity (Wildman–Crippen MR) is 67.9 cm³/mol. The van der Waals surface area contributed by atoms with Crippen LogP contribution in [0.4, 0.5) is 0 Å². The minimum atomic E-state index is -0.240. The number of amides is 1. The van der Waals surface area contributed by atoms with Crippen LogP contribution in [0.5, 0.6) is 5.75 Å². The number of rotatable bonds is 4. The number of phenolic OH excluding ortho intramolecular Hbond substituents is 1. The number of aromatic nitrogens is 2. The average molecular weight is 261 g/mol. The van der Waals surface area contributed by atoms with Crippen LogP contribution in [-0.4, -0.2) is 27.7 Å². The Labute approximate surface area is 110 Å². The summed E-state index contributed by atoms with van der Waals surface area (Å²) in [5.41, 5.74) is 1.16. The van der Waals surface area contributed by atoms with Gasteiger partial charge in [-0.1, -0.05) is 11.2 Å². The lowest BCUT2D eigenvalue weighted by molar-refractivity contribution is 0.0953. The van der Waals surface area contributed by atoms with Crippen molar-refractivity contribution in [1.82, 2.24) is 15.5 Å². The zero-order chi connectivity index (χ0) is 13.8. The van der Waals surface area contributed by atoms with Crippen molar-refractivity contribution in [2.24, 2.45) is 0 Å². The molecule has 0 bridgehead atoms. The molecule has 19 heavy (non-hydrogen) atoms. The van der Waals surface area contributed by atoms with Crippen molar-refractivity contribution in [3.63, 3.8) is 0 Å². The Morgan fingerprint density at radius 1 is 1.42 bits per heavy atom. The van der Waals surface area contributed by atoms with Gasteiger partial charge in [0.15, 0.2) is 5.82 Å². The van der Waals surface area contributed by atoms with E-state index in [9.17, 15) is 9.90 Å². The first kappa shape index (κ1) is 13.1. The van der Waals surface area contributed by atoms with Crippen LogP contribution < -0.4 is 5.32 Å². The molecule has 2 N–H and O–H groups in total. The Kier molecular flexibility index (Phi) is 3.79. The molecule has 1 heterocycles. The number of nitrogens with one attached hydrogen (secondary N) is 1. The molecule has 0 saturated carbocycles. The maximum absolute atomic E-state index is 11.8. The van der Waals surface area contributed by atoms with Gasteiger partial charge in [0, 0.05) is 25.5 Å². The smallest absolute Gasteiger partial charge is 0.251 e. The first-order valence-corrected chi connectivity index (χ1v) is 5.93. The Morgan fingerprint density at radius 2 is 2.21 bits per heavy atom. The maximum atomic E-state index is 11.8. The highest BCUT2D eigenvalue weighted by molar-refractivity contribution is 5.94. The van der Waals surface area contributed by atoms with E-state index >= 15 is 0 Å². The zero-order valence-electron chi connectivity index (χ0n) is 10.8. The lowest BCUT2D eigenvalue weighted by Crippen LogP contribution is -2.25. The van der Waals surface area contributed by atoms with E-state index in [1.54, 1.807) is 26.0 Å². The van der Waals surface area contributed by atoms with Gasteiger partial charge in [-0.2, -0.15) is 4.98 Å². The summed E-state index contributed by atoms with van der Waals surface area (Å²) in [6.45, 7) is 3.90. The molecule has 0 aliphatic carbocycles. The van der Waals surface area contributed by atoms with Gasteiger partial charge < -0.3 is 14.9 Å². The second-order valence-corrected chi connectivity index (χ2v) is 4.24. The predicted octanol–water partition coefficient (Wildman–Crippen LogP) is 1.36. The topological polar surface area (TPSA) is 88.2 Å². The van der Waals surface area contributed by atoms with Crippen LogP contribution in [0.15, 0.2) is 22.7 Å². The van der Waals surface area contributed by atoms with Gasteiger partial charge in [-0.25, -0.2) is 0 Å². The number of phenols is 1. The van der Waals surface area contributed by atoms with Gasteiger partial charge in [0.2, 0.25) is 5.89 Å². The fourth-order valence-electron chi connectivity index (χ4n) is 1.58. The first-order valence-electron chi connectivity index (χ1n) is 5.93.